The van der Waals surface area contributed by atoms with Crippen molar-refractivity contribution >= 4 is 40.8 Å². The van der Waals surface area contributed by atoms with Crippen LogP contribution >= 0.6 is 34.8 Å². The number of benzene rings is 1. The van der Waals surface area contributed by atoms with Gasteiger partial charge in [0.05, 0.1) is 17.3 Å². The van der Waals surface area contributed by atoms with E-state index in [1.165, 1.54) is 0 Å². The molecule has 3 aromatic rings. The smallest absolute Gasteiger partial charge is 0.359 e. The van der Waals surface area contributed by atoms with Crippen LogP contribution in [-0.2, 0) is 4.74 Å². The zero-order valence-corrected chi connectivity index (χ0v) is 15.7. The third kappa shape index (κ3) is 3.27. The van der Waals surface area contributed by atoms with E-state index in [1.807, 2.05) is 0 Å². The highest BCUT2D eigenvalue weighted by Gasteiger charge is 2.24. The number of halogens is 3. The maximum Gasteiger partial charge on any atom is 0.359 e. The van der Waals surface area contributed by atoms with E-state index < -0.39 is 5.97 Å². The molecular formula is C17H14Cl3N3O2. The van der Waals surface area contributed by atoms with E-state index >= 15 is 0 Å². The Bertz CT molecular complexity index is 947. The van der Waals surface area contributed by atoms with Crippen LogP contribution in [0, 0.1) is 6.92 Å². The van der Waals surface area contributed by atoms with Crippen molar-refractivity contribution < 1.29 is 9.53 Å². The molecular weight excluding hydrogens is 385 g/mol. The van der Waals surface area contributed by atoms with Crippen LogP contribution in [0.4, 0.5) is 0 Å². The largest absolute Gasteiger partial charge is 0.461 e. The molecule has 8 heteroatoms. The standard InChI is InChI=1S/C17H14Cl3N3O2/c1-3-25-17(24)15-10(2)16(22-8-4-5-14(22)20)23(21-15)13-7-6-11(18)9-12(13)19/h4-9H,3H2,1-2H3. The first-order valence-corrected chi connectivity index (χ1v) is 8.62. The Morgan fingerprint density at radius 2 is 2.00 bits per heavy atom. The minimum atomic E-state index is -0.506. The van der Waals surface area contributed by atoms with Gasteiger partial charge in [-0.1, -0.05) is 34.8 Å². The van der Waals surface area contributed by atoms with Gasteiger partial charge in [-0.3, -0.25) is 4.57 Å². The number of esters is 1. The molecule has 0 amide bonds. The molecule has 5 nitrogen and oxygen atoms in total. The van der Waals surface area contributed by atoms with Gasteiger partial charge in [-0.15, -0.1) is 0 Å². The van der Waals surface area contributed by atoms with Gasteiger partial charge in [0, 0.05) is 16.8 Å². The van der Waals surface area contributed by atoms with Crippen LogP contribution in [0.2, 0.25) is 15.2 Å². The second-order valence-corrected chi connectivity index (χ2v) is 6.46. The molecule has 0 saturated heterocycles. The normalized spacial score (nSPS) is 10.9. The first-order valence-electron chi connectivity index (χ1n) is 7.49. The molecule has 0 aliphatic carbocycles. The minimum absolute atomic E-state index is 0.202. The zero-order valence-electron chi connectivity index (χ0n) is 13.5. The predicted octanol–water partition coefficient (Wildman–Crippen LogP) is 5.11. The van der Waals surface area contributed by atoms with Gasteiger partial charge in [-0.05, 0) is 44.2 Å². The fourth-order valence-electron chi connectivity index (χ4n) is 2.52. The Morgan fingerprint density at radius 1 is 1.24 bits per heavy atom. The topological polar surface area (TPSA) is 49.0 Å². The summed E-state index contributed by atoms with van der Waals surface area (Å²) in [5.41, 5.74) is 1.40. The summed E-state index contributed by atoms with van der Waals surface area (Å²) in [7, 11) is 0. The number of ether oxygens (including phenoxy) is 1. The quantitative estimate of drug-likeness (QED) is 0.574. The molecule has 0 bridgehead atoms. The Balaban J connectivity index is 2.28. The van der Waals surface area contributed by atoms with Crippen molar-refractivity contribution in [1.82, 2.24) is 14.3 Å². The predicted molar refractivity (Wildman–Crippen MR) is 98.6 cm³/mol. The second-order valence-electron chi connectivity index (χ2n) is 5.23. The molecule has 0 radical (unpaired) electrons. The van der Waals surface area contributed by atoms with Crippen LogP contribution in [0.15, 0.2) is 36.5 Å². The molecule has 3 rings (SSSR count). The molecule has 2 aromatic heterocycles. The molecule has 0 saturated carbocycles. The Kier molecular flexibility index (Phi) is 5.08. The average molecular weight is 399 g/mol. The molecule has 0 fully saturated rings. The van der Waals surface area contributed by atoms with Crippen LogP contribution in [-0.4, -0.2) is 26.9 Å². The number of carbonyl (C=O) groups is 1. The summed E-state index contributed by atoms with van der Waals surface area (Å²) in [6, 6.07) is 8.58. The van der Waals surface area contributed by atoms with Crippen molar-refractivity contribution in [2.24, 2.45) is 0 Å². The molecule has 0 unspecified atom stereocenters. The molecule has 1 aromatic carbocycles. The van der Waals surface area contributed by atoms with Crippen molar-refractivity contribution in [2.75, 3.05) is 6.61 Å². The molecule has 2 heterocycles. The Hall–Kier alpha value is -1.95. The number of hydrogen-bond acceptors (Lipinski definition) is 3. The van der Waals surface area contributed by atoms with Crippen LogP contribution in [0.3, 0.4) is 0 Å². The van der Waals surface area contributed by atoms with Gasteiger partial charge >= 0.3 is 5.97 Å². The van der Waals surface area contributed by atoms with Gasteiger partial charge in [0.25, 0.3) is 0 Å². The van der Waals surface area contributed by atoms with Gasteiger partial charge < -0.3 is 4.74 Å². The van der Waals surface area contributed by atoms with E-state index in [4.69, 9.17) is 39.5 Å². The number of carbonyl (C=O) groups excluding carboxylic acids is 1. The molecule has 130 valence electrons. The summed E-state index contributed by atoms with van der Waals surface area (Å²) in [6.45, 7) is 3.78. The monoisotopic (exact) mass is 397 g/mol. The van der Waals surface area contributed by atoms with E-state index in [2.05, 4.69) is 5.10 Å². The van der Waals surface area contributed by atoms with Crippen LogP contribution in [0.25, 0.3) is 11.5 Å². The Morgan fingerprint density at radius 3 is 2.60 bits per heavy atom. The van der Waals surface area contributed by atoms with Gasteiger partial charge in [0.1, 0.15) is 11.0 Å². The van der Waals surface area contributed by atoms with E-state index in [0.717, 1.165) is 0 Å². The highest BCUT2D eigenvalue weighted by Crippen LogP contribution is 2.30. The first-order chi connectivity index (χ1) is 11.9. The number of aromatic nitrogens is 3. The lowest BCUT2D eigenvalue weighted by Gasteiger charge is -2.12. The molecule has 0 spiro atoms. The fraction of sp³-hybridized carbons (Fsp3) is 0.176. The highest BCUT2D eigenvalue weighted by atomic mass is 35.5. The SMILES string of the molecule is CCOC(=O)c1nn(-c2ccc(Cl)cc2Cl)c(-n2cccc2Cl)c1C. The lowest BCUT2D eigenvalue weighted by atomic mass is 10.2. The lowest BCUT2D eigenvalue weighted by Crippen LogP contribution is -2.08. The minimum Gasteiger partial charge on any atom is -0.461 e. The van der Waals surface area contributed by atoms with Gasteiger partial charge in [-0.25, -0.2) is 9.48 Å². The fourth-order valence-corrected chi connectivity index (χ4v) is 3.21. The summed E-state index contributed by atoms with van der Waals surface area (Å²) in [4.78, 5) is 12.3. The van der Waals surface area contributed by atoms with E-state index in [-0.39, 0.29) is 12.3 Å². The van der Waals surface area contributed by atoms with Crippen LogP contribution in [0.5, 0.6) is 0 Å². The van der Waals surface area contributed by atoms with E-state index in [9.17, 15) is 4.79 Å². The van der Waals surface area contributed by atoms with Crippen molar-refractivity contribution in [3.8, 4) is 11.5 Å². The molecule has 0 aliphatic rings. The average Bonchev–Trinajstić information content (AvgIpc) is 3.11. The number of hydrogen-bond donors (Lipinski definition) is 0. The molecule has 0 N–H and O–H groups in total. The zero-order chi connectivity index (χ0) is 18.1. The summed E-state index contributed by atoms with van der Waals surface area (Å²) >= 11 is 18.6. The summed E-state index contributed by atoms with van der Waals surface area (Å²) < 4.78 is 8.38. The summed E-state index contributed by atoms with van der Waals surface area (Å²) in [5, 5.41) is 5.80. The van der Waals surface area contributed by atoms with Crippen molar-refractivity contribution in [3.05, 3.63) is 63.0 Å². The molecule has 0 aliphatic heterocycles. The van der Waals surface area contributed by atoms with Gasteiger partial charge in [-0.2, -0.15) is 5.10 Å². The molecule has 0 atom stereocenters. The maximum atomic E-state index is 12.3. The highest BCUT2D eigenvalue weighted by molar-refractivity contribution is 6.35. The number of nitrogens with zero attached hydrogens (tertiary/aromatic N) is 3. The van der Waals surface area contributed by atoms with Crippen molar-refractivity contribution in [2.45, 2.75) is 13.8 Å². The first kappa shape index (κ1) is 17.9. The third-order valence-electron chi connectivity index (χ3n) is 3.63. The Labute approximate surface area is 159 Å². The van der Waals surface area contributed by atoms with Gasteiger partial charge in [0.15, 0.2) is 5.69 Å². The third-order valence-corrected chi connectivity index (χ3v) is 4.47. The van der Waals surface area contributed by atoms with E-state index in [0.29, 0.717) is 32.3 Å². The second kappa shape index (κ2) is 7.12. The van der Waals surface area contributed by atoms with Crippen molar-refractivity contribution in [3.63, 3.8) is 0 Å². The summed E-state index contributed by atoms with van der Waals surface area (Å²) in [5.74, 6) is 0.0932. The van der Waals surface area contributed by atoms with Crippen LogP contribution in [0.1, 0.15) is 23.0 Å². The maximum absolute atomic E-state index is 12.3. The van der Waals surface area contributed by atoms with Crippen LogP contribution < -0.4 is 0 Å². The van der Waals surface area contributed by atoms with Crippen molar-refractivity contribution in [1.29, 1.82) is 0 Å². The molecule has 25 heavy (non-hydrogen) atoms. The number of rotatable bonds is 4. The summed E-state index contributed by atoms with van der Waals surface area (Å²) in [6.07, 6.45) is 1.78. The van der Waals surface area contributed by atoms with E-state index in [1.54, 1.807) is 59.6 Å². The lowest BCUT2D eigenvalue weighted by molar-refractivity contribution is 0.0518. The van der Waals surface area contributed by atoms with Gasteiger partial charge in [0.2, 0.25) is 0 Å².